The predicted molar refractivity (Wildman–Crippen MR) is 101 cm³/mol. The van der Waals surface area contributed by atoms with E-state index in [9.17, 15) is 14.4 Å². The number of hydrogen-bond acceptors (Lipinski definition) is 4. The second kappa shape index (κ2) is 10.6. The summed E-state index contributed by atoms with van der Waals surface area (Å²) in [6, 6.07) is 17.6. The number of methoxy groups -OCH3 is 1. The third-order valence-corrected chi connectivity index (χ3v) is 3.84. The molecule has 0 saturated carbocycles. The molecule has 0 aliphatic rings. The summed E-state index contributed by atoms with van der Waals surface area (Å²) < 4.78 is 4.69. The number of hydrogen-bond donors (Lipinski definition) is 3. The molecule has 1 unspecified atom stereocenters. The average molecular weight is 369 g/mol. The number of nitrogens with one attached hydrogen (secondary N) is 3. The summed E-state index contributed by atoms with van der Waals surface area (Å²) in [5, 5.41) is 7.92. The van der Waals surface area contributed by atoms with Crippen LogP contribution in [0.4, 0.5) is 4.79 Å². The van der Waals surface area contributed by atoms with Crippen LogP contribution in [-0.4, -0.2) is 31.6 Å². The van der Waals surface area contributed by atoms with Crippen molar-refractivity contribution in [1.82, 2.24) is 16.0 Å². The summed E-state index contributed by atoms with van der Waals surface area (Å²) >= 11 is 0. The number of carbonyl (C=O) groups excluding carboxylic acids is 3. The van der Waals surface area contributed by atoms with Crippen molar-refractivity contribution < 1.29 is 19.1 Å². The highest BCUT2D eigenvalue weighted by atomic mass is 16.5. The van der Waals surface area contributed by atoms with Crippen LogP contribution >= 0.6 is 0 Å². The lowest BCUT2D eigenvalue weighted by Crippen LogP contribution is -2.43. The Morgan fingerprint density at radius 2 is 1.56 bits per heavy atom. The molecule has 3 N–H and O–H groups in total. The highest BCUT2D eigenvalue weighted by Gasteiger charge is 2.19. The first-order chi connectivity index (χ1) is 13.1. The van der Waals surface area contributed by atoms with Crippen molar-refractivity contribution in [3.63, 3.8) is 0 Å². The van der Waals surface area contributed by atoms with E-state index in [1.807, 2.05) is 60.7 Å². The summed E-state index contributed by atoms with van der Waals surface area (Å²) in [6.07, 6.45) is 0.00641. The average Bonchev–Trinajstić information content (AvgIpc) is 2.71. The third kappa shape index (κ3) is 7.19. The van der Waals surface area contributed by atoms with Crippen LogP contribution in [0.25, 0.3) is 0 Å². The zero-order valence-corrected chi connectivity index (χ0v) is 15.1. The van der Waals surface area contributed by atoms with E-state index >= 15 is 0 Å². The van der Waals surface area contributed by atoms with Gasteiger partial charge in [-0.05, 0) is 11.1 Å². The van der Waals surface area contributed by atoms with Crippen LogP contribution in [0.5, 0.6) is 0 Å². The molecule has 0 heterocycles. The molecule has 0 spiro atoms. The van der Waals surface area contributed by atoms with Gasteiger partial charge in [0.2, 0.25) is 5.91 Å². The largest absolute Gasteiger partial charge is 0.469 e. The van der Waals surface area contributed by atoms with Crippen LogP contribution in [0.3, 0.4) is 0 Å². The van der Waals surface area contributed by atoms with Crippen LogP contribution < -0.4 is 16.0 Å². The number of carbonyl (C=O) groups is 3. The van der Waals surface area contributed by atoms with Gasteiger partial charge in [0, 0.05) is 6.54 Å². The Morgan fingerprint density at radius 3 is 2.19 bits per heavy atom. The Bertz CT molecular complexity index is 750. The normalized spacial score (nSPS) is 11.1. The molecule has 7 nitrogen and oxygen atoms in total. The first kappa shape index (κ1) is 20.0. The van der Waals surface area contributed by atoms with Crippen molar-refractivity contribution in [3.05, 3.63) is 71.8 Å². The zero-order valence-electron chi connectivity index (χ0n) is 15.1. The van der Waals surface area contributed by atoms with Gasteiger partial charge in [0.25, 0.3) is 0 Å². The van der Waals surface area contributed by atoms with Gasteiger partial charge in [0.05, 0.1) is 26.1 Å². The van der Waals surface area contributed by atoms with E-state index in [4.69, 9.17) is 0 Å². The molecule has 0 bridgehead atoms. The van der Waals surface area contributed by atoms with E-state index in [1.165, 1.54) is 7.11 Å². The molecular weight excluding hydrogens is 346 g/mol. The van der Waals surface area contributed by atoms with Crippen LogP contribution in [-0.2, 0) is 20.9 Å². The molecule has 1 atom stereocenters. The first-order valence-electron chi connectivity index (χ1n) is 8.55. The maximum atomic E-state index is 12.2. The van der Waals surface area contributed by atoms with Crippen molar-refractivity contribution >= 4 is 17.9 Å². The lowest BCUT2D eigenvalue weighted by Gasteiger charge is -2.18. The fourth-order valence-corrected chi connectivity index (χ4v) is 2.43. The SMILES string of the molecule is COC(=O)CC(NC(=O)CNC(=O)NCc1ccccc1)c1ccccc1. The van der Waals surface area contributed by atoms with Crippen molar-refractivity contribution in [2.45, 2.75) is 19.0 Å². The van der Waals surface area contributed by atoms with Gasteiger partial charge in [-0.15, -0.1) is 0 Å². The second-order valence-corrected chi connectivity index (χ2v) is 5.83. The highest BCUT2D eigenvalue weighted by molar-refractivity contribution is 5.84. The van der Waals surface area contributed by atoms with Gasteiger partial charge in [-0.2, -0.15) is 0 Å². The molecule has 2 aromatic rings. The molecule has 0 radical (unpaired) electrons. The minimum Gasteiger partial charge on any atom is -0.469 e. The molecule has 0 aliphatic carbocycles. The summed E-state index contributed by atoms with van der Waals surface area (Å²) in [5.41, 5.74) is 1.74. The minimum absolute atomic E-state index is 0.00641. The number of esters is 1. The summed E-state index contributed by atoms with van der Waals surface area (Å²) in [5.74, 6) is -0.833. The lowest BCUT2D eigenvalue weighted by molar-refractivity contribution is -0.141. The molecule has 0 saturated heterocycles. The fraction of sp³-hybridized carbons (Fsp3) is 0.250. The smallest absolute Gasteiger partial charge is 0.315 e. The van der Waals surface area contributed by atoms with E-state index in [0.717, 1.165) is 11.1 Å². The quantitative estimate of drug-likeness (QED) is 0.619. The molecular formula is C20H23N3O4. The topological polar surface area (TPSA) is 96.5 Å². The lowest BCUT2D eigenvalue weighted by atomic mass is 10.0. The molecule has 7 heteroatoms. The van der Waals surface area contributed by atoms with E-state index < -0.39 is 23.9 Å². The van der Waals surface area contributed by atoms with E-state index in [-0.39, 0.29) is 13.0 Å². The van der Waals surface area contributed by atoms with Crippen LogP contribution in [0, 0.1) is 0 Å². The maximum Gasteiger partial charge on any atom is 0.315 e. The molecule has 2 rings (SSSR count). The van der Waals surface area contributed by atoms with Crippen molar-refractivity contribution in [1.29, 1.82) is 0 Å². The number of ether oxygens (including phenoxy) is 1. The Labute approximate surface area is 158 Å². The van der Waals surface area contributed by atoms with E-state index in [0.29, 0.717) is 6.54 Å². The third-order valence-electron chi connectivity index (χ3n) is 3.84. The second-order valence-electron chi connectivity index (χ2n) is 5.83. The Balaban J connectivity index is 1.82. The summed E-state index contributed by atoms with van der Waals surface area (Å²) in [7, 11) is 1.30. The summed E-state index contributed by atoms with van der Waals surface area (Å²) in [6.45, 7) is 0.161. The van der Waals surface area contributed by atoms with Gasteiger partial charge in [-0.25, -0.2) is 4.79 Å². The Morgan fingerprint density at radius 1 is 0.926 bits per heavy atom. The van der Waals surface area contributed by atoms with E-state index in [2.05, 4.69) is 20.7 Å². The van der Waals surface area contributed by atoms with E-state index in [1.54, 1.807) is 0 Å². The van der Waals surface area contributed by atoms with Crippen molar-refractivity contribution in [2.75, 3.05) is 13.7 Å². The van der Waals surface area contributed by atoms with Crippen LogP contribution in [0.1, 0.15) is 23.6 Å². The number of benzene rings is 2. The van der Waals surface area contributed by atoms with Gasteiger partial charge in [-0.1, -0.05) is 60.7 Å². The number of rotatable bonds is 8. The molecule has 0 aromatic heterocycles. The summed E-state index contributed by atoms with van der Waals surface area (Å²) in [4.78, 5) is 35.6. The predicted octanol–water partition coefficient (Wildman–Crippen LogP) is 1.91. The molecule has 0 aliphatic heterocycles. The molecule has 27 heavy (non-hydrogen) atoms. The van der Waals surface area contributed by atoms with Gasteiger partial charge in [0.15, 0.2) is 0 Å². The molecule has 142 valence electrons. The monoisotopic (exact) mass is 369 g/mol. The van der Waals surface area contributed by atoms with Crippen LogP contribution in [0.15, 0.2) is 60.7 Å². The molecule has 2 aromatic carbocycles. The number of urea groups is 1. The van der Waals surface area contributed by atoms with Gasteiger partial charge in [-0.3, -0.25) is 9.59 Å². The van der Waals surface area contributed by atoms with Gasteiger partial charge >= 0.3 is 12.0 Å². The highest BCUT2D eigenvalue weighted by Crippen LogP contribution is 2.16. The number of amides is 3. The standard InChI is InChI=1S/C20H23N3O4/c1-27-19(25)12-17(16-10-6-3-7-11-16)23-18(24)14-22-20(26)21-13-15-8-4-2-5-9-15/h2-11,17H,12-14H2,1H3,(H,23,24)(H2,21,22,26). The molecule has 0 fully saturated rings. The van der Waals surface area contributed by atoms with Crippen molar-refractivity contribution in [3.8, 4) is 0 Å². The Hall–Kier alpha value is -3.35. The maximum absolute atomic E-state index is 12.2. The zero-order chi connectivity index (χ0) is 19.5. The first-order valence-corrected chi connectivity index (χ1v) is 8.55. The van der Waals surface area contributed by atoms with Crippen molar-refractivity contribution in [2.24, 2.45) is 0 Å². The fourth-order valence-electron chi connectivity index (χ4n) is 2.43. The van der Waals surface area contributed by atoms with Gasteiger partial charge in [0.1, 0.15) is 0 Å². The van der Waals surface area contributed by atoms with Crippen LogP contribution in [0.2, 0.25) is 0 Å². The van der Waals surface area contributed by atoms with Gasteiger partial charge < -0.3 is 20.7 Å². The molecule has 3 amide bonds. The Kier molecular flexibility index (Phi) is 7.84. The minimum atomic E-state index is -0.527.